The molecule has 0 aliphatic carbocycles. The fourth-order valence-corrected chi connectivity index (χ4v) is 10.3. The summed E-state index contributed by atoms with van der Waals surface area (Å²) >= 11 is 1.86. The summed E-state index contributed by atoms with van der Waals surface area (Å²) in [6, 6.07) is 80.1. The first-order valence-electron chi connectivity index (χ1n) is 20.2. The molecule has 2 heterocycles. The molecule has 0 unspecified atom stereocenters. The fourth-order valence-electron chi connectivity index (χ4n) is 9.23. The molecule has 0 saturated heterocycles. The van der Waals surface area contributed by atoms with E-state index in [0.29, 0.717) is 0 Å². The minimum Gasteiger partial charge on any atom is -0.310 e. The van der Waals surface area contributed by atoms with Crippen LogP contribution in [0.2, 0.25) is 0 Å². The number of anilines is 3. The van der Waals surface area contributed by atoms with Crippen LogP contribution in [0.3, 0.4) is 0 Å². The Kier molecular flexibility index (Phi) is 7.75. The van der Waals surface area contributed by atoms with Crippen molar-refractivity contribution >= 4 is 91.9 Å². The van der Waals surface area contributed by atoms with Crippen LogP contribution in [0.5, 0.6) is 0 Å². The largest absolute Gasteiger partial charge is 0.310 e. The van der Waals surface area contributed by atoms with E-state index in [1.165, 1.54) is 85.8 Å². The molecule has 12 aromatic rings. The third-order valence-corrected chi connectivity index (χ3v) is 13.1. The van der Waals surface area contributed by atoms with Crippen molar-refractivity contribution in [2.75, 3.05) is 4.90 Å². The predicted octanol–water partition coefficient (Wildman–Crippen LogP) is 16.3. The van der Waals surface area contributed by atoms with Gasteiger partial charge in [-0.2, -0.15) is 0 Å². The van der Waals surface area contributed by atoms with Crippen LogP contribution in [0.25, 0.3) is 91.5 Å². The number of aromatic nitrogens is 1. The first-order chi connectivity index (χ1) is 29.2. The van der Waals surface area contributed by atoms with Gasteiger partial charge >= 0.3 is 0 Å². The second kappa shape index (κ2) is 13.6. The van der Waals surface area contributed by atoms with Gasteiger partial charge in [0.15, 0.2) is 0 Å². The number of thiophene rings is 1. The van der Waals surface area contributed by atoms with E-state index in [0.717, 1.165) is 22.7 Å². The highest BCUT2D eigenvalue weighted by atomic mass is 32.1. The molecule has 0 spiro atoms. The zero-order valence-electron chi connectivity index (χ0n) is 32.1. The Labute approximate surface area is 346 Å². The summed E-state index contributed by atoms with van der Waals surface area (Å²) in [6.45, 7) is 0. The van der Waals surface area contributed by atoms with Gasteiger partial charge in [-0.05, 0) is 117 Å². The quantitative estimate of drug-likeness (QED) is 0.164. The first kappa shape index (κ1) is 33.7. The van der Waals surface area contributed by atoms with Gasteiger partial charge in [-0.1, -0.05) is 146 Å². The maximum absolute atomic E-state index is 2.47. The average molecular weight is 769 g/mol. The van der Waals surface area contributed by atoms with Gasteiger partial charge in [0.2, 0.25) is 0 Å². The monoisotopic (exact) mass is 768 g/mol. The Morgan fingerprint density at radius 3 is 1.90 bits per heavy atom. The summed E-state index contributed by atoms with van der Waals surface area (Å²) < 4.78 is 5.07. The molecular weight excluding hydrogens is 733 g/mol. The van der Waals surface area contributed by atoms with E-state index < -0.39 is 0 Å². The highest BCUT2D eigenvalue weighted by molar-refractivity contribution is 7.25. The van der Waals surface area contributed by atoms with Crippen LogP contribution in [0.4, 0.5) is 17.1 Å². The van der Waals surface area contributed by atoms with Gasteiger partial charge in [-0.25, -0.2) is 0 Å². The lowest BCUT2D eigenvalue weighted by molar-refractivity contribution is 1.17. The van der Waals surface area contributed by atoms with Crippen molar-refractivity contribution in [2.24, 2.45) is 0 Å². The summed E-state index contributed by atoms with van der Waals surface area (Å²) in [5, 5.41) is 10.1. The van der Waals surface area contributed by atoms with Gasteiger partial charge in [0.25, 0.3) is 0 Å². The van der Waals surface area contributed by atoms with E-state index in [4.69, 9.17) is 0 Å². The van der Waals surface area contributed by atoms with Crippen molar-refractivity contribution in [1.29, 1.82) is 0 Å². The van der Waals surface area contributed by atoms with Crippen molar-refractivity contribution in [3.63, 3.8) is 0 Å². The fraction of sp³-hybridized carbons (Fsp3) is 0. The molecule has 0 fully saturated rings. The van der Waals surface area contributed by atoms with Crippen LogP contribution in [-0.4, -0.2) is 4.57 Å². The molecule has 3 heteroatoms. The summed E-state index contributed by atoms with van der Waals surface area (Å²) in [5.41, 5.74) is 11.6. The Bertz CT molecular complexity index is 3580. The van der Waals surface area contributed by atoms with Crippen molar-refractivity contribution in [3.05, 3.63) is 218 Å². The molecule has 0 saturated carbocycles. The van der Waals surface area contributed by atoms with E-state index >= 15 is 0 Å². The third-order valence-electron chi connectivity index (χ3n) is 11.9. The van der Waals surface area contributed by atoms with Crippen LogP contribution >= 0.6 is 11.3 Å². The lowest BCUT2D eigenvalue weighted by Gasteiger charge is -2.27. The molecule has 0 amide bonds. The molecule has 0 atom stereocenters. The highest BCUT2D eigenvalue weighted by Crippen LogP contribution is 2.45. The molecule has 0 N–H and O–H groups in total. The number of nitrogens with zero attached hydrogens (tertiary/aromatic N) is 2. The van der Waals surface area contributed by atoms with E-state index in [9.17, 15) is 0 Å². The molecule has 10 aromatic carbocycles. The predicted molar refractivity (Wildman–Crippen MR) is 254 cm³/mol. The average Bonchev–Trinajstić information content (AvgIpc) is 3.85. The van der Waals surface area contributed by atoms with Gasteiger partial charge in [-0.15, -0.1) is 11.3 Å². The molecule has 0 aliphatic heterocycles. The minimum atomic E-state index is 1.09. The minimum absolute atomic E-state index is 1.09. The van der Waals surface area contributed by atoms with Crippen LogP contribution < -0.4 is 4.90 Å². The maximum atomic E-state index is 2.47. The lowest BCUT2D eigenvalue weighted by atomic mass is 9.95. The topological polar surface area (TPSA) is 8.17 Å². The van der Waals surface area contributed by atoms with Crippen molar-refractivity contribution < 1.29 is 0 Å². The molecule has 0 aliphatic rings. The normalized spacial score (nSPS) is 11.7. The van der Waals surface area contributed by atoms with E-state index in [2.05, 4.69) is 228 Å². The van der Waals surface area contributed by atoms with E-state index in [1.807, 2.05) is 11.3 Å². The molecule has 59 heavy (non-hydrogen) atoms. The highest BCUT2D eigenvalue weighted by Gasteiger charge is 2.21. The molecule has 0 radical (unpaired) electrons. The number of benzene rings is 10. The molecule has 0 bridgehead atoms. The molecule has 12 rings (SSSR count). The number of hydrogen-bond donors (Lipinski definition) is 0. The Balaban J connectivity index is 1.10. The molecule has 2 nitrogen and oxygen atoms in total. The van der Waals surface area contributed by atoms with Crippen molar-refractivity contribution in [1.82, 2.24) is 4.57 Å². The molecule has 2 aromatic heterocycles. The van der Waals surface area contributed by atoms with Gasteiger partial charge in [-0.3, -0.25) is 0 Å². The van der Waals surface area contributed by atoms with Crippen LogP contribution in [0.1, 0.15) is 0 Å². The second-order valence-corrected chi connectivity index (χ2v) is 16.4. The van der Waals surface area contributed by atoms with Gasteiger partial charge in [0, 0.05) is 53.7 Å². The lowest BCUT2D eigenvalue weighted by Crippen LogP contribution is -2.10. The van der Waals surface area contributed by atoms with Gasteiger partial charge in [0.1, 0.15) is 0 Å². The van der Waals surface area contributed by atoms with E-state index in [1.54, 1.807) is 0 Å². The molecule has 276 valence electrons. The maximum Gasteiger partial charge on any atom is 0.0547 e. The van der Waals surface area contributed by atoms with Crippen LogP contribution in [0, 0.1) is 0 Å². The number of hydrogen-bond acceptors (Lipinski definition) is 2. The van der Waals surface area contributed by atoms with Crippen molar-refractivity contribution in [2.45, 2.75) is 0 Å². The zero-order valence-corrected chi connectivity index (χ0v) is 32.9. The van der Waals surface area contributed by atoms with Gasteiger partial charge in [0.05, 0.1) is 11.0 Å². The smallest absolute Gasteiger partial charge is 0.0547 e. The molecular formula is C56H36N2S. The summed E-state index contributed by atoms with van der Waals surface area (Å²) in [7, 11) is 0. The SMILES string of the molecule is c1ccc(-c2cccc(N(c3cccc(-n4c5cccc(-c6ccc7ccccc7c6)c5c5c6ccccc6ccc54)c3)c3ccc4sc5ccccc5c4c3)c2)cc1. The Hall–Kier alpha value is -7.46. The standard InChI is InChI=1S/C56H36N2S/c1-2-13-37(14-3-1)41-18-10-19-43(34-41)57(46-30-32-54-50(36-46)49-23-8-9-26-53(49)59-54)44-20-11-21-45(35-44)58-51-25-12-24-48(42-28-27-38-15-4-5-17-40(38)33-42)56(51)55-47-22-7-6-16-39(47)29-31-52(55)58/h1-36H. The third kappa shape index (κ3) is 5.55. The number of fused-ring (bicyclic) bond motifs is 9. The van der Waals surface area contributed by atoms with Crippen LogP contribution in [0.15, 0.2) is 218 Å². The summed E-state index contributed by atoms with van der Waals surface area (Å²) in [4.78, 5) is 2.42. The van der Waals surface area contributed by atoms with E-state index in [-0.39, 0.29) is 0 Å². The second-order valence-electron chi connectivity index (χ2n) is 15.3. The first-order valence-corrected chi connectivity index (χ1v) is 21.0. The van der Waals surface area contributed by atoms with Gasteiger partial charge < -0.3 is 9.47 Å². The Morgan fingerprint density at radius 1 is 0.339 bits per heavy atom. The summed E-state index contributed by atoms with van der Waals surface area (Å²) in [6.07, 6.45) is 0. The van der Waals surface area contributed by atoms with Crippen molar-refractivity contribution in [3.8, 4) is 27.9 Å². The summed E-state index contributed by atoms with van der Waals surface area (Å²) in [5.74, 6) is 0. The zero-order chi connectivity index (χ0) is 38.9. The number of rotatable bonds is 6. The van der Waals surface area contributed by atoms with Crippen LogP contribution in [-0.2, 0) is 0 Å². The Morgan fingerprint density at radius 2 is 1.00 bits per heavy atom.